The highest BCUT2D eigenvalue weighted by Crippen LogP contribution is 2.24. The van der Waals surface area contributed by atoms with Crippen molar-refractivity contribution in [1.29, 1.82) is 0 Å². The lowest BCUT2D eigenvalue weighted by atomic mass is 10.1. The Morgan fingerprint density at radius 2 is 1.71 bits per heavy atom. The minimum atomic E-state index is -5.21. The van der Waals surface area contributed by atoms with Crippen molar-refractivity contribution in [3.63, 3.8) is 0 Å². The van der Waals surface area contributed by atoms with Crippen LogP contribution >= 0.6 is 7.82 Å². The summed E-state index contributed by atoms with van der Waals surface area (Å²) in [4.78, 5) is 19.9. The van der Waals surface area contributed by atoms with Gasteiger partial charge in [-0.2, -0.15) is 0 Å². The van der Waals surface area contributed by atoms with Gasteiger partial charge in [-0.15, -0.1) is 0 Å². The van der Waals surface area contributed by atoms with Gasteiger partial charge < -0.3 is 39.3 Å². The van der Waals surface area contributed by atoms with Crippen molar-refractivity contribution < 1.29 is 39.3 Å². The Balaban J connectivity index is 3.96. The van der Waals surface area contributed by atoms with Crippen LogP contribution in [0.15, 0.2) is 0 Å². The molecule has 0 fully saturated rings. The largest absolute Gasteiger partial charge is 0.790 e. The van der Waals surface area contributed by atoms with E-state index in [1.54, 1.807) is 0 Å². The maximum atomic E-state index is 9.94. The summed E-state index contributed by atoms with van der Waals surface area (Å²) in [5.41, 5.74) is 0. The van der Waals surface area contributed by atoms with Crippen LogP contribution in [0.5, 0.6) is 0 Å². The third-order valence-electron chi connectivity index (χ3n) is 1.38. The van der Waals surface area contributed by atoms with E-state index in [0.717, 1.165) is 0 Å². The standard InChI is InChI=1S/C5H13O8P/c6-1-3(7)5(9)4(8)2-13-14(10,11)12/h3-9H,1-2H2,(H2,10,11,12)/p-2/t3-,4+,5+/m0/s1. The SMILES string of the molecule is O=P([O-])([O-])OC[C@@H](O)[C@H](O)[C@@H](O)CO. The second-order valence-corrected chi connectivity index (χ2v) is 3.70. The van der Waals surface area contributed by atoms with E-state index in [0.29, 0.717) is 0 Å². The molecule has 8 nitrogen and oxygen atoms in total. The van der Waals surface area contributed by atoms with Crippen LogP contribution in [0.1, 0.15) is 0 Å². The van der Waals surface area contributed by atoms with Crippen LogP contribution in [0.2, 0.25) is 0 Å². The van der Waals surface area contributed by atoms with Crippen molar-refractivity contribution in [1.82, 2.24) is 0 Å². The number of aliphatic hydroxyl groups excluding tert-OH is 4. The van der Waals surface area contributed by atoms with Crippen molar-refractivity contribution in [3.8, 4) is 0 Å². The average Bonchev–Trinajstić information content (AvgIpc) is 2.10. The Bertz CT molecular complexity index is 202. The van der Waals surface area contributed by atoms with E-state index in [2.05, 4.69) is 4.52 Å². The molecule has 0 rings (SSSR count). The van der Waals surface area contributed by atoms with Crippen molar-refractivity contribution in [2.24, 2.45) is 0 Å². The number of hydrogen-bond acceptors (Lipinski definition) is 8. The highest BCUT2D eigenvalue weighted by Gasteiger charge is 2.24. The summed E-state index contributed by atoms with van der Waals surface area (Å²) in [6.07, 6.45) is -5.19. The number of aliphatic hydroxyl groups is 4. The molecule has 0 spiro atoms. The molecule has 0 aliphatic heterocycles. The van der Waals surface area contributed by atoms with Gasteiger partial charge in [-0.05, 0) is 0 Å². The Morgan fingerprint density at radius 3 is 2.07 bits per heavy atom. The van der Waals surface area contributed by atoms with Gasteiger partial charge in [-0.3, -0.25) is 0 Å². The summed E-state index contributed by atoms with van der Waals surface area (Å²) in [7, 11) is -5.21. The van der Waals surface area contributed by atoms with E-state index in [4.69, 9.17) is 20.4 Å². The zero-order valence-electron chi connectivity index (χ0n) is 7.02. The summed E-state index contributed by atoms with van der Waals surface area (Å²) < 4.78 is 13.6. The molecule has 0 heterocycles. The fourth-order valence-corrected chi connectivity index (χ4v) is 0.966. The first-order valence-electron chi connectivity index (χ1n) is 3.59. The van der Waals surface area contributed by atoms with Crippen LogP contribution < -0.4 is 9.79 Å². The fraction of sp³-hybridized carbons (Fsp3) is 1.00. The second kappa shape index (κ2) is 5.74. The van der Waals surface area contributed by atoms with Gasteiger partial charge >= 0.3 is 0 Å². The van der Waals surface area contributed by atoms with Gasteiger partial charge in [0, 0.05) is 0 Å². The summed E-state index contributed by atoms with van der Waals surface area (Å²) in [6, 6.07) is 0. The number of phosphoric ester groups is 1. The Morgan fingerprint density at radius 1 is 1.21 bits per heavy atom. The molecular weight excluding hydrogens is 219 g/mol. The van der Waals surface area contributed by atoms with Gasteiger partial charge in [0.2, 0.25) is 0 Å². The molecule has 14 heavy (non-hydrogen) atoms. The maximum Gasteiger partial charge on any atom is 0.110 e. The zero-order valence-corrected chi connectivity index (χ0v) is 7.91. The average molecular weight is 230 g/mol. The van der Waals surface area contributed by atoms with Gasteiger partial charge in [0.25, 0.3) is 0 Å². The minimum absolute atomic E-state index is 0.815. The van der Waals surface area contributed by atoms with Crippen LogP contribution in [0.4, 0.5) is 0 Å². The topological polar surface area (TPSA) is 153 Å². The highest BCUT2D eigenvalue weighted by atomic mass is 31.2. The number of hydrogen-bond donors (Lipinski definition) is 4. The van der Waals surface area contributed by atoms with E-state index >= 15 is 0 Å². The second-order valence-electron chi connectivity index (χ2n) is 2.55. The molecule has 0 bridgehead atoms. The molecule has 0 saturated heterocycles. The van der Waals surface area contributed by atoms with Gasteiger partial charge in [0.1, 0.15) is 18.3 Å². The molecule has 0 saturated carbocycles. The predicted molar refractivity (Wildman–Crippen MR) is 38.7 cm³/mol. The summed E-state index contributed by atoms with van der Waals surface area (Å²) >= 11 is 0. The Labute approximate surface area is 79.6 Å². The van der Waals surface area contributed by atoms with Crippen molar-refractivity contribution in [2.75, 3.05) is 13.2 Å². The molecular formula is C5H11O8P-2. The van der Waals surface area contributed by atoms with Gasteiger partial charge in [-0.1, -0.05) is 0 Å². The lowest BCUT2D eigenvalue weighted by molar-refractivity contribution is -0.343. The first kappa shape index (κ1) is 13.9. The third-order valence-corrected chi connectivity index (χ3v) is 1.84. The van der Waals surface area contributed by atoms with Crippen LogP contribution in [0.3, 0.4) is 0 Å². The first-order valence-corrected chi connectivity index (χ1v) is 5.05. The van der Waals surface area contributed by atoms with E-state index in [-0.39, 0.29) is 0 Å². The highest BCUT2D eigenvalue weighted by molar-refractivity contribution is 7.43. The normalized spacial score (nSPS) is 19.0. The lowest BCUT2D eigenvalue weighted by Gasteiger charge is -2.31. The zero-order chi connectivity index (χ0) is 11.4. The molecule has 9 heteroatoms. The molecule has 0 aromatic carbocycles. The minimum Gasteiger partial charge on any atom is -0.790 e. The Kier molecular flexibility index (Phi) is 5.72. The van der Waals surface area contributed by atoms with Gasteiger partial charge in [-0.25, -0.2) is 0 Å². The van der Waals surface area contributed by atoms with Gasteiger partial charge in [0.05, 0.1) is 21.0 Å². The number of rotatable bonds is 6. The first-order chi connectivity index (χ1) is 6.28. The molecule has 0 aromatic rings. The third kappa shape index (κ3) is 5.63. The van der Waals surface area contributed by atoms with Crippen LogP contribution in [0, 0.1) is 0 Å². The van der Waals surface area contributed by atoms with Crippen molar-refractivity contribution in [3.05, 3.63) is 0 Å². The summed E-state index contributed by atoms with van der Waals surface area (Å²) in [6.45, 7) is -1.78. The monoisotopic (exact) mass is 230 g/mol. The van der Waals surface area contributed by atoms with Crippen LogP contribution in [-0.2, 0) is 9.09 Å². The molecule has 0 aliphatic carbocycles. The van der Waals surface area contributed by atoms with E-state index in [1.165, 1.54) is 0 Å². The molecule has 0 radical (unpaired) electrons. The fourth-order valence-electron chi connectivity index (χ4n) is 0.631. The number of phosphoric acid groups is 1. The summed E-state index contributed by atoms with van der Waals surface area (Å²) in [5.74, 6) is 0. The molecule has 0 amide bonds. The summed E-state index contributed by atoms with van der Waals surface area (Å²) in [5, 5.41) is 35.0. The predicted octanol–water partition coefficient (Wildman–Crippen LogP) is -4.09. The Hall–Kier alpha value is -0.0500. The molecule has 3 atom stereocenters. The maximum absolute atomic E-state index is 9.94. The van der Waals surface area contributed by atoms with E-state index < -0.39 is 39.3 Å². The van der Waals surface area contributed by atoms with E-state index in [9.17, 15) is 14.4 Å². The van der Waals surface area contributed by atoms with Crippen molar-refractivity contribution >= 4 is 7.82 Å². The lowest BCUT2D eigenvalue weighted by Crippen LogP contribution is -2.42. The molecule has 0 aliphatic rings. The molecule has 0 aromatic heterocycles. The van der Waals surface area contributed by atoms with Crippen molar-refractivity contribution in [2.45, 2.75) is 18.3 Å². The van der Waals surface area contributed by atoms with Crippen LogP contribution in [-0.4, -0.2) is 52.0 Å². The van der Waals surface area contributed by atoms with Gasteiger partial charge in [0.15, 0.2) is 0 Å². The molecule has 0 unspecified atom stereocenters. The molecule has 86 valence electrons. The van der Waals surface area contributed by atoms with E-state index in [1.807, 2.05) is 0 Å². The quantitative estimate of drug-likeness (QED) is 0.336. The smallest absolute Gasteiger partial charge is 0.110 e. The van der Waals surface area contributed by atoms with Crippen LogP contribution in [0.25, 0.3) is 0 Å². The molecule has 4 N–H and O–H groups in total.